The number of rotatable bonds is 0. The van der Waals surface area contributed by atoms with Crippen LogP contribution in [0.1, 0.15) is 0 Å². The van der Waals surface area contributed by atoms with E-state index in [1.807, 2.05) is 0 Å². The summed E-state index contributed by atoms with van der Waals surface area (Å²) in [6.45, 7) is 0.962. The summed E-state index contributed by atoms with van der Waals surface area (Å²) in [7, 11) is 0. The molecule has 4 heteroatoms. The summed E-state index contributed by atoms with van der Waals surface area (Å²) in [6, 6.07) is 0. The van der Waals surface area contributed by atoms with Gasteiger partial charge in [0, 0.05) is 0 Å². The molecule has 1 aliphatic heterocycles. The molecule has 0 aromatic carbocycles. The molecule has 0 aromatic rings. The highest BCUT2D eigenvalue weighted by Gasteiger charge is 2.09. The Hall–Kier alpha value is -0.0800. The zero-order valence-electron chi connectivity index (χ0n) is 3.99. The summed E-state index contributed by atoms with van der Waals surface area (Å²) in [6.07, 6.45) is 0. The van der Waals surface area contributed by atoms with Crippen LogP contribution in [-0.2, 0) is 9.47 Å². The maximum absolute atomic E-state index is 5.37. The molecule has 2 nitrogen and oxygen atoms in total. The summed E-state index contributed by atoms with van der Waals surface area (Å²) < 4.78 is 9.56. The van der Waals surface area contributed by atoms with Gasteiger partial charge in [-0.3, -0.25) is 0 Å². The van der Waals surface area contributed by atoms with Crippen molar-refractivity contribution in [3.63, 3.8) is 0 Å². The van der Waals surface area contributed by atoms with E-state index in [1.54, 1.807) is 0 Å². The van der Waals surface area contributed by atoms with Crippen LogP contribution in [0.15, 0.2) is 10.4 Å². The highest BCUT2D eigenvalue weighted by Crippen LogP contribution is 2.19. The first-order valence-electron chi connectivity index (χ1n) is 2.11. The van der Waals surface area contributed by atoms with Gasteiger partial charge in [-0.1, -0.05) is 0 Å². The predicted octanol–water partition coefficient (Wildman–Crippen LogP) is 1.64. The Morgan fingerprint density at radius 3 is 1.62 bits per heavy atom. The van der Waals surface area contributed by atoms with Gasteiger partial charge in [-0.2, -0.15) is 0 Å². The molecule has 0 saturated carbocycles. The third-order valence-corrected chi connectivity index (χ3v) is 1.35. The third-order valence-electron chi connectivity index (χ3n) is 0.695. The predicted molar refractivity (Wildman–Crippen MR) is 30.6 cm³/mol. The Morgan fingerprint density at radius 2 is 1.38 bits per heavy atom. The van der Waals surface area contributed by atoms with Gasteiger partial charge in [-0.25, -0.2) is 0 Å². The van der Waals surface area contributed by atoms with E-state index in [0.717, 1.165) is 0 Å². The van der Waals surface area contributed by atoms with E-state index in [9.17, 15) is 0 Å². The Bertz CT molecular complexity index is 107. The molecular weight excluding hydrogens is 151 g/mol. The monoisotopic (exact) mass is 154 g/mol. The second-order valence-electron chi connectivity index (χ2n) is 1.24. The maximum Gasteiger partial charge on any atom is 0.243 e. The van der Waals surface area contributed by atoms with Crippen molar-refractivity contribution in [3.8, 4) is 0 Å². The highest BCUT2D eigenvalue weighted by atomic mass is 35.5. The van der Waals surface area contributed by atoms with Gasteiger partial charge < -0.3 is 9.47 Å². The van der Waals surface area contributed by atoms with Crippen molar-refractivity contribution in [1.29, 1.82) is 0 Å². The fourth-order valence-electron chi connectivity index (χ4n) is 0.376. The molecular formula is C4H4Cl2O2. The van der Waals surface area contributed by atoms with E-state index in [-0.39, 0.29) is 10.4 Å². The Balaban J connectivity index is 2.60. The Labute approximate surface area is 57.0 Å². The Morgan fingerprint density at radius 1 is 1.00 bits per heavy atom. The minimum Gasteiger partial charge on any atom is -0.476 e. The average Bonchev–Trinajstić information content (AvgIpc) is 1.77. The van der Waals surface area contributed by atoms with Crippen LogP contribution in [0.3, 0.4) is 0 Å². The summed E-state index contributed by atoms with van der Waals surface area (Å²) >= 11 is 10.7. The lowest BCUT2D eigenvalue weighted by Crippen LogP contribution is -2.07. The molecule has 0 amide bonds. The standard InChI is InChI=1S/C4H4Cl2O2/c5-3-4(6)8-2-1-7-3/h1-2H2. The van der Waals surface area contributed by atoms with Crippen molar-refractivity contribution in [2.45, 2.75) is 0 Å². The minimum atomic E-state index is 0.151. The summed E-state index contributed by atoms with van der Waals surface area (Å²) in [5.41, 5.74) is 0. The van der Waals surface area contributed by atoms with Gasteiger partial charge in [-0.15, -0.1) is 0 Å². The van der Waals surface area contributed by atoms with E-state index in [1.165, 1.54) is 0 Å². The summed E-state index contributed by atoms with van der Waals surface area (Å²) in [5, 5.41) is 0.302. The first-order chi connectivity index (χ1) is 3.80. The molecule has 0 atom stereocenters. The second-order valence-corrected chi connectivity index (χ2v) is 1.93. The first kappa shape index (κ1) is 6.05. The summed E-state index contributed by atoms with van der Waals surface area (Å²) in [5.74, 6) is 0. The van der Waals surface area contributed by atoms with Crippen LogP contribution in [0.4, 0.5) is 0 Å². The molecule has 46 valence electrons. The van der Waals surface area contributed by atoms with Crippen LogP contribution in [-0.4, -0.2) is 13.2 Å². The molecule has 0 fully saturated rings. The number of ether oxygens (including phenoxy) is 2. The number of halogens is 2. The number of hydrogen-bond acceptors (Lipinski definition) is 2. The van der Waals surface area contributed by atoms with Gasteiger partial charge in [-0.05, 0) is 23.2 Å². The lowest BCUT2D eigenvalue weighted by atomic mass is 10.7. The smallest absolute Gasteiger partial charge is 0.243 e. The van der Waals surface area contributed by atoms with Gasteiger partial charge in [0.15, 0.2) is 0 Å². The molecule has 0 saturated heterocycles. The van der Waals surface area contributed by atoms with E-state index in [2.05, 4.69) is 0 Å². The first-order valence-corrected chi connectivity index (χ1v) is 2.87. The van der Waals surface area contributed by atoms with E-state index < -0.39 is 0 Å². The maximum atomic E-state index is 5.37. The van der Waals surface area contributed by atoms with Gasteiger partial charge in [0.2, 0.25) is 10.4 Å². The van der Waals surface area contributed by atoms with Crippen molar-refractivity contribution in [1.82, 2.24) is 0 Å². The zero-order valence-corrected chi connectivity index (χ0v) is 5.50. The van der Waals surface area contributed by atoms with Gasteiger partial charge >= 0.3 is 0 Å². The molecule has 0 N–H and O–H groups in total. The van der Waals surface area contributed by atoms with Crippen LogP contribution >= 0.6 is 23.2 Å². The van der Waals surface area contributed by atoms with Crippen LogP contribution in [0.5, 0.6) is 0 Å². The van der Waals surface area contributed by atoms with Crippen molar-refractivity contribution < 1.29 is 9.47 Å². The van der Waals surface area contributed by atoms with Gasteiger partial charge in [0.1, 0.15) is 13.2 Å². The fraction of sp³-hybridized carbons (Fsp3) is 0.500. The molecule has 0 unspecified atom stereocenters. The van der Waals surface area contributed by atoms with Gasteiger partial charge in [0.25, 0.3) is 0 Å². The molecule has 0 aromatic heterocycles. The topological polar surface area (TPSA) is 18.5 Å². The molecule has 0 aliphatic carbocycles. The van der Waals surface area contributed by atoms with Crippen molar-refractivity contribution in [2.75, 3.05) is 13.2 Å². The molecule has 1 aliphatic rings. The normalized spacial score (nSPS) is 19.8. The molecule has 8 heavy (non-hydrogen) atoms. The molecule has 1 heterocycles. The van der Waals surface area contributed by atoms with Gasteiger partial charge in [0.05, 0.1) is 0 Å². The average molecular weight is 155 g/mol. The van der Waals surface area contributed by atoms with E-state index >= 15 is 0 Å². The van der Waals surface area contributed by atoms with Crippen molar-refractivity contribution in [3.05, 3.63) is 10.4 Å². The largest absolute Gasteiger partial charge is 0.476 e. The third kappa shape index (κ3) is 1.20. The van der Waals surface area contributed by atoms with E-state index in [4.69, 9.17) is 32.7 Å². The highest BCUT2D eigenvalue weighted by molar-refractivity contribution is 6.37. The van der Waals surface area contributed by atoms with Crippen molar-refractivity contribution >= 4 is 23.2 Å². The molecule has 1 rings (SSSR count). The van der Waals surface area contributed by atoms with Crippen molar-refractivity contribution in [2.24, 2.45) is 0 Å². The lowest BCUT2D eigenvalue weighted by Gasteiger charge is -2.12. The minimum absolute atomic E-state index is 0.151. The van der Waals surface area contributed by atoms with Crippen LogP contribution in [0.25, 0.3) is 0 Å². The second kappa shape index (κ2) is 2.46. The van der Waals surface area contributed by atoms with Crippen LogP contribution < -0.4 is 0 Å². The summed E-state index contributed by atoms with van der Waals surface area (Å²) in [4.78, 5) is 0. The van der Waals surface area contributed by atoms with Crippen LogP contribution in [0.2, 0.25) is 0 Å². The molecule has 0 bridgehead atoms. The Kier molecular flexibility index (Phi) is 1.86. The molecule has 0 radical (unpaired) electrons. The zero-order chi connectivity index (χ0) is 5.98. The SMILES string of the molecule is ClC1=C(Cl)OCCO1. The van der Waals surface area contributed by atoms with Crippen LogP contribution in [0, 0.1) is 0 Å². The number of hydrogen-bond donors (Lipinski definition) is 0. The quantitative estimate of drug-likeness (QED) is 0.529. The lowest BCUT2D eigenvalue weighted by molar-refractivity contribution is 0.0909. The molecule has 0 spiro atoms. The van der Waals surface area contributed by atoms with E-state index in [0.29, 0.717) is 13.2 Å². The fourth-order valence-corrected chi connectivity index (χ4v) is 0.639.